The number of rotatable bonds is 4. The van der Waals surface area contributed by atoms with Gasteiger partial charge in [0.1, 0.15) is 5.69 Å². The van der Waals surface area contributed by atoms with Crippen LogP contribution in [0.1, 0.15) is 35.6 Å². The predicted octanol–water partition coefficient (Wildman–Crippen LogP) is 0.810. The van der Waals surface area contributed by atoms with Crippen molar-refractivity contribution in [1.29, 1.82) is 0 Å². The molecule has 0 aliphatic carbocycles. The molecule has 1 atom stereocenters. The second-order valence-corrected chi connectivity index (χ2v) is 3.88. The predicted molar refractivity (Wildman–Crippen MR) is 65.1 cm³/mol. The maximum absolute atomic E-state index is 10.9. The first-order valence-corrected chi connectivity index (χ1v) is 5.61. The fourth-order valence-corrected chi connectivity index (χ4v) is 1.54. The van der Waals surface area contributed by atoms with Gasteiger partial charge in [-0.05, 0) is 24.6 Å². The molecule has 0 aliphatic heterocycles. The van der Waals surface area contributed by atoms with Crippen LogP contribution in [0.4, 0.5) is 0 Å². The molecular weight excluding hydrogens is 232 g/mol. The largest absolute Gasteiger partial charge is 0.387 e. The average molecular weight is 246 g/mol. The zero-order chi connectivity index (χ0) is 13.1. The minimum Gasteiger partial charge on any atom is -0.387 e. The number of carbonyl (C=O) groups excluding carboxylic acids is 1. The summed E-state index contributed by atoms with van der Waals surface area (Å²) in [6.07, 6.45) is 3.27. The van der Waals surface area contributed by atoms with Gasteiger partial charge in [-0.3, -0.25) is 9.78 Å². The third kappa shape index (κ3) is 2.38. The summed E-state index contributed by atoms with van der Waals surface area (Å²) < 4.78 is 1.51. The lowest BCUT2D eigenvalue weighted by Gasteiger charge is -2.07. The Morgan fingerprint density at radius 3 is 2.78 bits per heavy atom. The summed E-state index contributed by atoms with van der Waals surface area (Å²) in [7, 11) is 0. The highest BCUT2D eigenvalue weighted by atomic mass is 16.3. The molecule has 0 saturated carbocycles. The molecule has 0 fully saturated rings. The quantitative estimate of drug-likeness (QED) is 0.834. The first kappa shape index (κ1) is 12.3. The molecule has 0 bridgehead atoms. The molecule has 0 aromatic carbocycles. The van der Waals surface area contributed by atoms with Gasteiger partial charge in [0.15, 0.2) is 0 Å². The van der Waals surface area contributed by atoms with Crippen molar-refractivity contribution in [2.45, 2.75) is 19.4 Å². The Labute approximate surface area is 104 Å². The highest BCUT2D eigenvalue weighted by Crippen LogP contribution is 2.15. The summed E-state index contributed by atoms with van der Waals surface area (Å²) in [4.78, 5) is 15.1. The third-order valence-corrected chi connectivity index (χ3v) is 2.60. The zero-order valence-electron chi connectivity index (χ0n) is 9.95. The van der Waals surface area contributed by atoms with Crippen molar-refractivity contribution in [1.82, 2.24) is 14.8 Å². The number of primary amides is 1. The van der Waals surface area contributed by atoms with E-state index in [1.807, 2.05) is 6.92 Å². The van der Waals surface area contributed by atoms with Gasteiger partial charge in [0.05, 0.1) is 23.7 Å². The van der Waals surface area contributed by atoms with Crippen LogP contribution in [0.3, 0.4) is 0 Å². The van der Waals surface area contributed by atoms with Crippen molar-refractivity contribution < 1.29 is 9.90 Å². The standard InChI is InChI=1S/C12H14N4O2/c1-2-11(17)9-4-3-8(7-14-9)16-6-5-10(15-16)12(13)18/h3-7,11,17H,2H2,1H3,(H2,13,18). The van der Waals surface area contributed by atoms with E-state index in [4.69, 9.17) is 5.73 Å². The van der Waals surface area contributed by atoms with Gasteiger partial charge in [0, 0.05) is 6.20 Å². The van der Waals surface area contributed by atoms with E-state index in [2.05, 4.69) is 10.1 Å². The van der Waals surface area contributed by atoms with Crippen LogP contribution >= 0.6 is 0 Å². The summed E-state index contributed by atoms with van der Waals surface area (Å²) >= 11 is 0. The number of amides is 1. The molecule has 2 aromatic heterocycles. The van der Waals surface area contributed by atoms with Crippen LogP contribution in [0, 0.1) is 0 Å². The highest BCUT2D eigenvalue weighted by Gasteiger charge is 2.08. The summed E-state index contributed by atoms with van der Waals surface area (Å²) in [5.41, 5.74) is 6.64. The minimum atomic E-state index is -0.570. The number of aliphatic hydroxyl groups is 1. The van der Waals surface area contributed by atoms with E-state index in [1.54, 1.807) is 24.5 Å². The fourth-order valence-electron chi connectivity index (χ4n) is 1.54. The van der Waals surface area contributed by atoms with E-state index in [9.17, 15) is 9.90 Å². The molecule has 18 heavy (non-hydrogen) atoms. The average Bonchev–Trinajstić information content (AvgIpc) is 2.88. The lowest BCUT2D eigenvalue weighted by Crippen LogP contribution is -2.12. The molecule has 3 N–H and O–H groups in total. The number of carbonyl (C=O) groups is 1. The van der Waals surface area contributed by atoms with Crippen molar-refractivity contribution in [3.05, 3.63) is 42.0 Å². The van der Waals surface area contributed by atoms with Crippen LogP contribution in [-0.4, -0.2) is 25.8 Å². The van der Waals surface area contributed by atoms with E-state index in [-0.39, 0.29) is 5.69 Å². The molecule has 0 saturated heterocycles. The van der Waals surface area contributed by atoms with Crippen LogP contribution in [0.5, 0.6) is 0 Å². The van der Waals surface area contributed by atoms with Crippen molar-refractivity contribution in [3.63, 3.8) is 0 Å². The summed E-state index contributed by atoms with van der Waals surface area (Å²) in [6, 6.07) is 5.05. The topological polar surface area (TPSA) is 94.0 Å². The Hall–Kier alpha value is -2.21. The second kappa shape index (κ2) is 4.97. The summed E-state index contributed by atoms with van der Waals surface area (Å²) in [5.74, 6) is -0.570. The number of nitrogens with zero attached hydrogens (tertiary/aromatic N) is 3. The SMILES string of the molecule is CCC(O)c1ccc(-n2ccc(C(N)=O)n2)cn1. The Morgan fingerprint density at radius 1 is 1.50 bits per heavy atom. The molecule has 0 aliphatic rings. The molecule has 2 aromatic rings. The van der Waals surface area contributed by atoms with Gasteiger partial charge < -0.3 is 10.8 Å². The maximum Gasteiger partial charge on any atom is 0.269 e. The van der Waals surface area contributed by atoms with Crippen LogP contribution in [-0.2, 0) is 0 Å². The summed E-state index contributed by atoms with van der Waals surface area (Å²) in [5, 5.41) is 13.6. The third-order valence-electron chi connectivity index (χ3n) is 2.60. The molecular formula is C12H14N4O2. The first-order valence-electron chi connectivity index (χ1n) is 5.61. The molecule has 6 heteroatoms. The molecule has 1 unspecified atom stereocenters. The van der Waals surface area contributed by atoms with Crippen LogP contribution in [0.25, 0.3) is 5.69 Å². The Balaban J connectivity index is 2.25. The minimum absolute atomic E-state index is 0.202. The van der Waals surface area contributed by atoms with Gasteiger partial charge in [-0.1, -0.05) is 6.92 Å². The number of aliphatic hydroxyl groups excluding tert-OH is 1. The number of hydrogen-bond donors (Lipinski definition) is 2. The van der Waals surface area contributed by atoms with Gasteiger partial charge in [-0.25, -0.2) is 4.68 Å². The van der Waals surface area contributed by atoms with E-state index < -0.39 is 12.0 Å². The van der Waals surface area contributed by atoms with E-state index in [0.29, 0.717) is 17.8 Å². The van der Waals surface area contributed by atoms with Gasteiger partial charge in [-0.2, -0.15) is 5.10 Å². The monoisotopic (exact) mass is 246 g/mol. The number of nitrogens with two attached hydrogens (primary N) is 1. The fraction of sp³-hybridized carbons (Fsp3) is 0.250. The lowest BCUT2D eigenvalue weighted by molar-refractivity contribution is 0.0995. The Kier molecular flexibility index (Phi) is 3.38. The zero-order valence-corrected chi connectivity index (χ0v) is 9.95. The normalized spacial score (nSPS) is 12.3. The smallest absolute Gasteiger partial charge is 0.269 e. The van der Waals surface area contributed by atoms with Gasteiger partial charge >= 0.3 is 0 Å². The lowest BCUT2D eigenvalue weighted by atomic mass is 10.2. The maximum atomic E-state index is 10.9. The van der Waals surface area contributed by atoms with Gasteiger partial charge in [0.2, 0.25) is 0 Å². The highest BCUT2D eigenvalue weighted by molar-refractivity contribution is 5.90. The molecule has 94 valence electrons. The first-order chi connectivity index (χ1) is 8.61. The van der Waals surface area contributed by atoms with Crippen molar-refractivity contribution in [2.24, 2.45) is 5.73 Å². The molecule has 2 rings (SSSR count). The van der Waals surface area contributed by atoms with Gasteiger partial charge in [-0.15, -0.1) is 0 Å². The second-order valence-electron chi connectivity index (χ2n) is 3.88. The van der Waals surface area contributed by atoms with Crippen LogP contribution in [0.2, 0.25) is 0 Å². The number of pyridine rings is 1. The van der Waals surface area contributed by atoms with Crippen molar-refractivity contribution >= 4 is 5.91 Å². The molecule has 6 nitrogen and oxygen atoms in total. The van der Waals surface area contributed by atoms with Crippen molar-refractivity contribution in [3.8, 4) is 5.69 Å². The number of hydrogen-bond acceptors (Lipinski definition) is 4. The number of aromatic nitrogens is 3. The van der Waals surface area contributed by atoms with Crippen LogP contribution in [0.15, 0.2) is 30.6 Å². The Bertz CT molecular complexity index is 547. The molecule has 1 amide bonds. The molecule has 0 radical (unpaired) electrons. The molecule has 0 spiro atoms. The molecule has 2 heterocycles. The van der Waals surface area contributed by atoms with E-state index in [1.165, 1.54) is 10.7 Å². The van der Waals surface area contributed by atoms with Gasteiger partial charge in [0.25, 0.3) is 5.91 Å². The summed E-state index contributed by atoms with van der Waals surface area (Å²) in [6.45, 7) is 1.88. The van der Waals surface area contributed by atoms with E-state index in [0.717, 1.165) is 0 Å². The van der Waals surface area contributed by atoms with Crippen LogP contribution < -0.4 is 5.73 Å². The Morgan fingerprint density at radius 2 is 2.28 bits per heavy atom. The van der Waals surface area contributed by atoms with E-state index >= 15 is 0 Å². The van der Waals surface area contributed by atoms with Crippen molar-refractivity contribution in [2.75, 3.05) is 0 Å².